The highest BCUT2D eigenvalue weighted by Gasteiger charge is 2.25. The summed E-state index contributed by atoms with van der Waals surface area (Å²) in [5.74, 6) is -0.570. The van der Waals surface area contributed by atoms with Crippen molar-refractivity contribution in [2.24, 2.45) is 0 Å². The molecule has 0 aliphatic carbocycles. The summed E-state index contributed by atoms with van der Waals surface area (Å²) in [6.45, 7) is 1.71. The zero-order valence-electron chi connectivity index (χ0n) is 12.2. The highest BCUT2D eigenvalue weighted by atomic mass is 32.2. The first-order chi connectivity index (χ1) is 9.80. The van der Waals surface area contributed by atoms with Crippen molar-refractivity contribution in [3.8, 4) is 5.75 Å². The van der Waals surface area contributed by atoms with Gasteiger partial charge in [-0.25, -0.2) is 0 Å². The Morgan fingerprint density at radius 2 is 2.14 bits per heavy atom. The van der Waals surface area contributed by atoms with E-state index in [4.69, 9.17) is 9.84 Å². The second-order valence-corrected chi connectivity index (χ2v) is 6.34. The van der Waals surface area contributed by atoms with Gasteiger partial charge >= 0.3 is 5.97 Å². The summed E-state index contributed by atoms with van der Waals surface area (Å²) in [7, 11) is -0.960. The maximum absolute atomic E-state index is 12.1. The molecule has 0 saturated carbocycles. The highest BCUT2D eigenvalue weighted by Crippen LogP contribution is 2.15. The first kappa shape index (κ1) is 17.4. The molecule has 8 heteroatoms. The van der Waals surface area contributed by atoms with Crippen LogP contribution in [0.25, 0.3) is 0 Å². The SMILES string of the molecule is CC[C@H](NS(=O)(=O)N(C)Cc1cccc(OC)c1)C(=O)O. The molecule has 0 aromatic heterocycles. The summed E-state index contributed by atoms with van der Waals surface area (Å²) >= 11 is 0. The van der Waals surface area contributed by atoms with Gasteiger partial charge in [0, 0.05) is 13.6 Å². The van der Waals surface area contributed by atoms with Gasteiger partial charge in [0.1, 0.15) is 11.8 Å². The van der Waals surface area contributed by atoms with E-state index >= 15 is 0 Å². The number of nitrogens with one attached hydrogen (secondary N) is 1. The number of benzene rings is 1. The second-order valence-electron chi connectivity index (χ2n) is 4.53. The molecular formula is C13H20N2O5S. The third kappa shape index (κ3) is 5.00. The largest absolute Gasteiger partial charge is 0.497 e. The minimum absolute atomic E-state index is 0.114. The number of carboxylic acids is 1. The van der Waals surface area contributed by atoms with Gasteiger partial charge in [-0.3, -0.25) is 4.79 Å². The van der Waals surface area contributed by atoms with Crippen molar-refractivity contribution < 1.29 is 23.1 Å². The molecule has 0 amide bonds. The van der Waals surface area contributed by atoms with Crippen molar-refractivity contribution in [2.45, 2.75) is 25.9 Å². The van der Waals surface area contributed by atoms with Crippen molar-refractivity contribution >= 4 is 16.2 Å². The van der Waals surface area contributed by atoms with Crippen LogP contribution in [0.5, 0.6) is 5.75 Å². The average Bonchev–Trinajstić information content (AvgIpc) is 2.44. The lowest BCUT2D eigenvalue weighted by Crippen LogP contribution is -2.46. The summed E-state index contributed by atoms with van der Waals surface area (Å²) in [4.78, 5) is 10.9. The van der Waals surface area contributed by atoms with Crippen molar-refractivity contribution in [2.75, 3.05) is 14.2 Å². The van der Waals surface area contributed by atoms with Crippen molar-refractivity contribution in [3.63, 3.8) is 0 Å². The van der Waals surface area contributed by atoms with E-state index in [9.17, 15) is 13.2 Å². The fourth-order valence-electron chi connectivity index (χ4n) is 1.69. The number of nitrogens with zero attached hydrogens (tertiary/aromatic N) is 1. The third-order valence-electron chi connectivity index (χ3n) is 2.95. The summed E-state index contributed by atoms with van der Waals surface area (Å²) in [5, 5.41) is 8.91. The molecule has 0 fully saturated rings. The van der Waals surface area contributed by atoms with E-state index < -0.39 is 22.2 Å². The average molecular weight is 316 g/mol. The van der Waals surface area contributed by atoms with Crippen LogP contribution < -0.4 is 9.46 Å². The lowest BCUT2D eigenvalue weighted by molar-refractivity contribution is -0.139. The molecule has 0 spiro atoms. The number of rotatable bonds is 8. The van der Waals surface area contributed by atoms with Crippen LogP contribution in [-0.4, -0.2) is 44.0 Å². The standard InChI is InChI=1S/C13H20N2O5S/c1-4-12(13(16)17)14-21(18,19)15(2)9-10-6-5-7-11(8-10)20-3/h5-8,12,14H,4,9H2,1-3H3,(H,16,17)/t12-/m0/s1. The van der Waals surface area contributed by atoms with Crippen LogP contribution in [0.1, 0.15) is 18.9 Å². The quantitative estimate of drug-likeness (QED) is 0.740. The molecule has 0 bridgehead atoms. The van der Waals surface area contributed by atoms with Gasteiger partial charge < -0.3 is 9.84 Å². The van der Waals surface area contributed by atoms with E-state index in [0.717, 1.165) is 9.87 Å². The number of methoxy groups -OCH3 is 1. The summed E-state index contributed by atoms with van der Waals surface area (Å²) in [6, 6.07) is 5.87. The third-order valence-corrected chi connectivity index (χ3v) is 4.48. The van der Waals surface area contributed by atoms with Gasteiger partial charge in [0.2, 0.25) is 0 Å². The number of aliphatic carboxylic acids is 1. The number of carboxylic acid groups (broad SMARTS) is 1. The Labute approximate surface area is 124 Å². The molecule has 118 valence electrons. The maximum Gasteiger partial charge on any atom is 0.321 e. The van der Waals surface area contributed by atoms with E-state index in [1.807, 2.05) is 0 Å². The molecule has 1 rings (SSSR count). The molecule has 0 aliphatic heterocycles. The van der Waals surface area contributed by atoms with Gasteiger partial charge in [-0.15, -0.1) is 0 Å². The lowest BCUT2D eigenvalue weighted by atomic mass is 10.2. The van der Waals surface area contributed by atoms with Crippen LogP contribution >= 0.6 is 0 Å². The van der Waals surface area contributed by atoms with Crippen LogP contribution in [0.3, 0.4) is 0 Å². The predicted molar refractivity (Wildman–Crippen MR) is 78.2 cm³/mol. The fourth-order valence-corrected chi connectivity index (χ4v) is 2.82. The van der Waals surface area contributed by atoms with Crippen LogP contribution in [0.4, 0.5) is 0 Å². The minimum atomic E-state index is -3.87. The zero-order valence-corrected chi connectivity index (χ0v) is 13.1. The normalized spacial score (nSPS) is 13.1. The lowest BCUT2D eigenvalue weighted by Gasteiger charge is -2.20. The van der Waals surface area contributed by atoms with E-state index in [2.05, 4.69) is 4.72 Å². The molecular weight excluding hydrogens is 296 g/mol. The highest BCUT2D eigenvalue weighted by molar-refractivity contribution is 7.87. The van der Waals surface area contributed by atoms with Crippen molar-refractivity contribution in [1.29, 1.82) is 0 Å². The Morgan fingerprint density at radius 1 is 1.48 bits per heavy atom. The Hall–Kier alpha value is -1.64. The van der Waals surface area contributed by atoms with Crippen LogP contribution in [0.15, 0.2) is 24.3 Å². The van der Waals surface area contributed by atoms with Crippen molar-refractivity contribution in [1.82, 2.24) is 9.03 Å². The molecule has 0 heterocycles. The van der Waals surface area contributed by atoms with Crippen LogP contribution in [0.2, 0.25) is 0 Å². The Bertz CT molecular complexity index is 588. The maximum atomic E-state index is 12.1. The molecule has 0 radical (unpaired) electrons. The molecule has 21 heavy (non-hydrogen) atoms. The first-order valence-electron chi connectivity index (χ1n) is 6.39. The molecule has 1 aromatic rings. The van der Waals surface area contributed by atoms with E-state index in [0.29, 0.717) is 5.75 Å². The van der Waals surface area contributed by atoms with E-state index in [1.54, 1.807) is 31.2 Å². The van der Waals surface area contributed by atoms with Gasteiger partial charge in [-0.1, -0.05) is 19.1 Å². The number of carbonyl (C=O) groups is 1. The predicted octanol–water partition coefficient (Wildman–Crippen LogP) is 0.825. The first-order valence-corrected chi connectivity index (χ1v) is 7.83. The molecule has 1 aromatic carbocycles. The van der Waals surface area contributed by atoms with Gasteiger partial charge in [-0.05, 0) is 24.1 Å². The van der Waals surface area contributed by atoms with Crippen molar-refractivity contribution in [3.05, 3.63) is 29.8 Å². The summed E-state index contributed by atoms with van der Waals surface area (Å²) in [5.41, 5.74) is 0.741. The summed E-state index contributed by atoms with van der Waals surface area (Å²) in [6.07, 6.45) is 0.168. The van der Waals surface area contributed by atoms with Gasteiger partial charge in [0.15, 0.2) is 0 Å². The molecule has 7 nitrogen and oxygen atoms in total. The smallest absolute Gasteiger partial charge is 0.321 e. The second kappa shape index (κ2) is 7.39. The monoisotopic (exact) mass is 316 g/mol. The molecule has 1 atom stereocenters. The molecule has 0 aliphatic rings. The number of hydrogen-bond donors (Lipinski definition) is 2. The molecule has 0 saturated heterocycles. The Balaban J connectivity index is 2.81. The van der Waals surface area contributed by atoms with Gasteiger partial charge in [0.25, 0.3) is 10.2 Å². The van der Waals surface area contributed by atoms with Crippen LogP contribution in [0, 0.1) is 0 Å². The fraction of sp³-hybridized carbons (Fsp3) is 0.462. The van der Waals surface area contributed by atoms with E-state index in [-0.39, 0.29) is 13.0 Å². The Kier molecular flexibility index (Phi) is 6.13. The van der Waals surface area contributed by atoms with E-state index in [1.165, 1.54) is 14.2 Å². The zero-order chi connectivity index (χ0) is 16.0. The molecule has 0 unspecified atom stereocenters. The summed E-state index contributed by atoms with van der Waals surface area (Å²) < 4.78 is 32.5. The number of hydrogen-bond acceptors (Lipinski definition) is 4. The van der Waals surface area contributed by atoms with Gasteiger partial charge in [0.05, 0.1) is 7.11 Å². The molecule has 2 N–H and O–H groups in total. The van der Waals surface area contributed by atoms with Gasteiger partial charge in [-0.2, -0.15) is 17.4 Å². The topological polar surface area (TPSA) is 95.9 Å². The Morgan fingerprint density at radius 3 is 2.67 bits per heavy atom. The minimum Gasteiger partial charge on any atom is -0.497 e. The number of ether oxygens (including phenoxy) is 1. The van der Waals surface area contributed by atoms with Crippen LogP contribution in [-0.2, 0) is 21.5 Å².